The first-order valence-electron chi connectivity index (χ1n) is 8.09. The van der Waals surface area contributed by atoms with Crippen molar-refractivity contribution in [1.29, 1.82) is 0 Å². The highest BCUT2D eigenvalue weighted by atomic mass is 35.5. The zero-order chi connectivity index (χ0) is 19.2. The number of rotatable bonds is 5. The molecule has 2 amide bonds. The van der Waals surface area contributed by atoms with Gasteiger partial charge in [0.15, 0.2) is 5.69 Å². The van der Waals surface area contributed by atoms with E-state index in [2.05, 4.69) is 20.5 Å². The topological polar surface area (TPSA) is 85.3 Å². The van der Waals surface area contributed by atoms with Crippen LogP contribution >= 0.6 is 11.6 Å². The minimum atomic E-state index is -0.537. The lowest BCUT2D eigenvalue weighted by atomic mass is 10.2. The summed E-state index contributed by atoms with van der Waals surface area (Å²) in [7, 11) is 1.30. The van der Waals surface area contributed by atoms with Crippen LogP contribution in [-0.4, -0.2) is 28.9 Å². The molecule has 138 valence electrons. The SMILES string of the molecule is COC(=O)Nc1ccc(CNC(=O)c2ccn(-c3ccccc3Cl)n2)cc1. The van der Waals surface area contributed by atoms with Crippen LogP contribution in [0.4, 0.5) is 10.5 Å². The third kappa shape index (κ3) is 4.65. The molecular weight excluding hydrogens is 368 g/mol. The number of carbonyl (C=O) groups is 2. The van der Waals surface area contributed by atoms with Crippen LogP contribution in [0.25, 0.3) is 5.69 Å². The van der Waals surface area contributed by atoms with Crippen molar-refractivity contribution in [1.82, 2.24) is 15.1 Å². The smallest absolute Gasteiger partial charge is 0.411 e. The van der Waals surface area contributed by atoms with E-state index in [1.807, 2.05) is 18.2 Å². The van der Waals surface area contributed by atoms with Crippen LogP contribution in [0.3, 0.4) is 0 Å². The highest BCUT2D eigenvalue weighted by Gasteiger charge is 2.11. The molecule has 8 heteroatoms. The highest BCUT2D eigenvalue weighted by Crippen LogP contribution is 2.19. The van der Waals surface area contributed by atoms with Crippen LogP contribution in [0.15, 0.2) is 60.8 Å². The van der Waals surface area contributed by atoms with Crippen molar-refractivity contribution >= 4 is 29.3 Å². The summed E-state index contributed by atoms with van der Waals surface area (Å²) in [4.78, 5) is 23.5. The lowest BCUT2D eigenvalue weighted by Crippen LogP contribution is -2.23. The normalized spacial score (nSPS) is 10.3. The van der Waals surface area contributed by atoms with Gasteiger partial charge in [0.2, 0.25) is 0 Å². The predicted octanol–water partition coefficient (Wildman–Crippen LogP) is 3.63. The van der Waals surface area contributed by atoms with Gasteiger partial charge < -0.3 is 10.1 Å². The van der Waals surface area contributed by atoms with E-state index in [0.29, 0.717) is 28.6 Å². The Morgan fingerprint density at radius 2 is 1.85 bits per heavy atom. The van der Waals surface area contributed by atoms with Crippen LogP contribution in [0.5, 0.6) is 0 Å². The summed E-state index contributed by atoms with van der Waals surface area (Å²) in [6.45, 7) is 0.330. The zero-order valence-electron chi connectivity index (χ0n) is 14.5. The maximum Gasteiger partial charge on any atom is 0.411 e. The maximum absolute atomic E-state index is 12.3. The average Bonchev–Trinajstić information content (AvgIpc) is 3.17. The van der Waals surface area contributed by atoms with Crippen LogP contribution < -0.4 is 10.6 Å². The van der Waals surface area contributed by atoms with Gasteiger partial charge in [0.1, 0.15) is 0 Å². The Kier molecular flexibility index (Phi) is 5.73. The molecule has 0 saturated carbocycles. The van der Waals surface area contributed by atoms with E-state index in [1.165, 1.54) is 7.11 Å². The number of carbonyl (C=O) groups excluding carboxylic acids is 2. The molecule has 7 nitrogen and oxygen atoms in total. The van der Waals surface area contributed by atoms with E-state index < -0.39 is 6.09 Å². The van der Waals surface area contributed by atoms with Gasteiger partial charge in [-0.25, -0.2) is 9.48 Å². The molecule has 2 N–H and O–H groups in total. The summed E-state index contributed by atoms with van der Waals surface area (Å²) in [5, 5.41) is 10.2. The number of ether oxygens (including phenoxy) is 1. The van der Waals surface area contributed by atoms with Crippen LogP contribution in [0, 0.1) is 0 Å². The molecule has 0 spiro atoms. The predicted molar refractivity (Wildman–Crippen MR) is 102 cm³/mol. The van der Waals surface area contributed by atoms with Gasteiger partial charge in [-0.2, -0.15) is 5.10 Å². The molecule has 0 bridgehead atoms. The van der Waals surface area contributed by atoms with Crippen molar-refractivity contribution in [2.24, 2.45) is 0 Å². The monoisotopic (exact) mass is 384 g/mol. The first-order valence-corrected chi connectivity index (χ1v) is 8.47. The molecule has 0 saturated heterocycles. The lowest BCUT2D eigenvalue weighted by Gasteiger charge is -2.06. The summed E-state index contributed by atoms with van der Waals surface area (Å²) in [5.41, 5.74) is 2.48. The van der Waals surface area contributed by atoms with E-state index in [9.17, 15) is 9.59 Å². The molecule has 0 fully saturated rings. The van der Waals surface area contributed by atoms with E-state index in [-0.39, 0.29) is 5.91 Å². The molecule has 0 aliphatic heterocycles. The third-order valence-electron chi connectivity index (χ3n) is 3.76. The molecule has 1 aromatic heterocycles. The molecule has 3 aromatic rings. The number of amides is 2. The largest absolute Gasteiger partial charge is 0.453 e. The molecule has 0 atom stereocenters. The first-order chi connectivity index (χ1) is 13.1. The highest BCUT2D eigenvalue weighted by molar-refractivity contribution is 6.32. The lowest BCUT2D eigenvalue weighted by molar-refractivity contribution is 0.0945. The fraction of sp³-hybridized carbons (Fsp3) is 0.105. The number of hydrogen-bond donors (Lipinski definition) is 2. The second-order valence-electron chi connectivity index (χ2n) is 5.59. The summed E-state index contributed by atoms with van der Waals surface area (Å²) >= 11 is 6.15. The number of hydrogen-bond acceptors (Lipinski definition) is 4. The van der Waals surface area contributed by atoms with Crippen LogP contribution in [0.2, 0.25) is 5.02 Å². The number of methoxy groups -OCH3 is 1. The number of benzene rings is 2. The average molecular weight is 385 g/mol. The van der Waals surface area contributed by atoms with Gasteiger partial charge in [-0.3, -0.25) is 10.1 Å². The molecule has 0 radical (unpaired) electrons. The summed E-state index contributed by atoms with van der Waals surface area (Å²) in [6, 6.07) is 15.9. The molecule has 0 unspecified atom stereocenters. The third-order valence-corrected chi connectivity index (χ3v) is 4.08. The van der Waals surface area contributed by atoms with Crippen molar-refractivity contribution in [3.8, 4) is 5.69 Å². The standard InChI is InChI=1S/C19H17ClN4O3/c1-27-19(26)22-14-8-6-13(7-9-14)12-21-18(25)16-10-11-24(23-16)17-5-3-2-4-15(17)20/h2-11H,12H2,1H3,(H,21,25)(H,22,26). The second kappa shape index (κ2) is 8.37. The van der Waals surface area contributed by atoms with E-state index >= 15 is 0 Å². The Morgan fingerprint density at radius 1 is 1.11 bits per heavy atom. The molecule has 2 aromatic carbocycles. The number of nitrogens with one attached hydrogen (secondary N) is 2. The maximum atomic E-state index is 12.3. The Bertz CT molecular complexity index is 954. The van der Waals surface area contributed by atoms with Gasteiger partial charge in [-0.1, -0.05) is 35.9 Å². The summed E-state index contributed by atoms with van der Waals surface area (Å²) in [5.74, 6) is -0.294. The molecule has 0 aliphatic rings. The van der Waals surface area contributed by atoms with E-state index in [4.69, 9.17) is 11.6 Å². The molecule has 0 aliphatic carbocycles. The van der Waals surface area contributed by atoms with Crippen molar-refractivity contribution in [2.75, 3.05) is 12.4 Å². The van der Waals surface area contributed by atoms with Crippen molar-refractivity contribution in [2.45, 2.75) is 6.54 Å². The number of aromatic nitrogens is 2. The number of halogens is 1. The zero-order valence-corrected chi connectivity index (χ0v) is 15.2. The molecule has 27 heavy (non-hydrogen) atoms. The van der Waals surface area contributed by atoms with Gasteiger partial charge in [-0.15, -0.1) is 0 Å². The molecule has 3 rings (SSSR count). The van der Waals surface area contributed by atoms with Gasteiger partial charge in [0.25, 0.3) is 5.91 Å². The van der Waals surface area contributed by atoms with Crippen LogP contribution in [-0.2, 0) is 11.3 Å². The number of anilines is 1. The van der Waals surface area contributed by atoms with Gasteiger partial charge >= 0.3 is 6.09 Å². The van der Waals surface area contributed by atoms with Gasteiger partial charge in [-0.05, 0) is 35.9 Å². The van der Waals surface area contributed by atoms with Crippen LogP contribution in [0.1, 0.15) is 16.1 Å². The second-order valence-corrected chi connectivity index (χ2v) is 6.00. The number of para-hydroxylation sites is 1. The van der Waals surface area contributed by atoms with Gasteiger partial charge in [0, 0.05) is 18.4 Å². The molecular formula is C19H17ClN4O3. The minimum absolute atomic E-state index is 0.291. The summed E-state index contributed by atoms with van der Waals surface area (Å²) < 4.78 is 6.09. The van der Waals surface area contributed by atoms with Crippen molar-refractivity contribution in [3.63, 3.8) is 0 Å². The fourth-order valence-electron chi connectivity index (χ4n) is 2.36. The fourth-order valence-corrected chi connectivity index (χ4v) is 2.59. The molecule has 1 heterocycles. The van der Waals surface area contributed by atoms with Gasteiger partial charge in [0.05, 0.1) is 17.8 Å². The Hall–Kier alpha value is -3.32. The Morgan fingerprint density at radius 3 is 2.56 bits per heavy atom. The van der Waals surface area contributed by atoms with E-state index in [0.717, 1.165) is 5.56 Å². The van der Waals surface area contributed by atoms with Crippen molar-refractivity contribution < 1.29 is 14.3 Å². The number of nitrogens with zero attached hydrogens (tertiary/aromatic N) is 2. The van der Waals surface area contributed by atoms with Crippen molar-refractivity contribution in [3.05, 3.63) is 77.1 Å². The minimum Gasteiger partial charge on any atom is -0.453 e. The quantitative estimate of drug-likeness (QED) is 0.703. The Balaban J connectivity index is 1.60. The summed E-state index contributed by atoms with van der Waals surface area (Å²) in [6.07, 6.45) is 1.15. The first kappa shape index (κ1) is 18.5. The van der Waals surface area contributed by atoms with E-state index in [1.54, 1.807) is 47.3 Å². The Labute approximate surface area is 160 Å².